The SMILES string of the molecule is C[C@H]1CN([C@@H](C)CO)S(=O)(=O)c2ccc(-c3ccccc3)cc2O[C@@H]1CN(C)Cc1ccccn1. The number of aromatic nitrogens is 1. The summed E-state index contributed by atoms with van der Waals surface area (Å²) in [5.41, 5.74) is 2.82. The van der Waals surface area contributed by atoms with Gasteiger partial charge in [0, 0.05) is 37.8 Å². The molecule has 1 aliphatic heterocycles. The topological polar surface area (TPSA) is 83.0 Å². The zero-order valence-corrected chi connectivity index (χ0v) is 21.2. The molecule has 0 aliphatic carbocycles. The Labute approximate surface area is 208 Å². The normalized spacial score (nSPS) is 20.9. The number of fused-ring (bicyclic) bond motifs is 1. The van der Waals surface area contributed by atoms with Gasteiger partial charge in [-0.25, -0.2) is 8.42 Å². The van der Waals surface area contributed by atoms with Crippen molar-refractivity contribution in [1.82, 2.24) is 14.2 Å². The number of ether oxygens (including phenoxy) is 1. The second-order valence-electron chi connectivity index (χ2n) is 9.29. The molecule has 0 fully saturated rings. The number of aliphatic hydroxyl groups excluding tert-OH is 1. The van der Waals surface area contributed by atoms with Gasteiger partial charge in [-0.1, -0.05) is 49.4 Å². The molecule has 7 nitrogen and oxygen atoms in total. The van der Waals surface area contributed by atoms with Gasteiger partial charge in [-0.3, -0.25) is 9.88 Å². The monoisotopic (exact) mass is 495 g/mol. The number of hydrogen-bond donors (Lipinski definition) is 1. The molecule has 0 unspecified atom stereocenters. The lowest BCUT2D eigenvalue weighted by molar-refractivity contribution is 0.0731. The standard InChI is InChI=1S/C27H33N3O4S/c1-20-16-30(21(2)19-31)35(32,33)27-13-12-23(22-9-5-4-6-10-22)15-25(27)34-26(20)18-29(3)17-24-11-7-8-14-28-24/h4-15,20-21,26,31H,16-19H2,1-3H3/t20-,21-,26+/m0/s1. The van der Waals surface area contributed by atoms with Crippen LogP contribution in [0.3, 0.4) is 0 Å². The minimum atomic E-state index is -3.86. The van der Waals surface area contributed by atoms with Crippen molar-refractivity contribution in [2.45, 2.75) is 37.4 Å². The van der Waals surface area contributed by atoms with Gasteiger partial charge in [0.1, 0.15) is 16.7 Å². The van der Waals surface area contributed by atoms with E-state index in [1.165, 1.54) is 4.31 Å². The summed E-state index contributed by atoms with van der Waals surface area (Å²) in [6.45, 7) is 4.97. The maximum atomic E-state index is 13.7. The van der Waals surface area contributed by atoms with Crippen LogP contribution in [-0.4, -0.2) is 66.6 Å². The second kappa shape index (κ2) is 10.9. The van der Waals surface area contributed by atoms with Gasteiger partial charge in [0.2, 0.25) is 10.0 Å². The number of sulfonamides is 1. The number of likely N-dealkylation sites (N-methyl/N-ethyl adjacent to an activating group) is 1. The summed E-state index contributed by atoms with van der Waals surface area (Å²) in [5.74, 6) is 0.225. The van der Waals surface area contributed by atoms with Crippen LogP contribution in [0, 0.1) is 5.92 Å². The van der Waals surface area contributed by atoms with E-state index in [4.69, 9.17) is 4.74 Å². The molecule has 0 spiro atoms. The van der Waals surface area contributed by atoms with Crippen molar-refractivity contribution in [1.29, 1.82) is 0 Å². The third kappa shape index (κ3) is 5.73. The van der Waals surface area contributed by atoms with E-state index in [1.54, 1.807) is 19.2 Å². The van der Waals surface area contributed by atoms with Gasteiger partial charge in [0.15, 0.2) is 0 Å². The average molecular weight is 496 g/mol. The number of benzene rings is 2. The Balaban J connectivity index is 1.72. The summed E-state index contributed by atoms with van der Waals surface area (Å²) >= 11 is 0. The van der Waals surface area contributed by atoms with Crippen LogP contribution in [0.15, 0.2) is 77.8 Å². The highest BCUT2D eigenvalue weighted by atomic mass is 32.2. The van der Waals surface area contributed by atoms with Crippen molar-refractivity contribution in [2.75, 3.05) is 26.7 Å². The van der Waals surface area contributed by atoms with Crippen LogP contribution >= 0.6 is 0 Å². The Bertz CT molecular complexity index is 1220. The van der Waals surface area contributed by atoms with E-state index in [1.807, 2.05) is 74.6 Å². The molecule has 2 aromatic carbocycles. The fourth-order valence-electron chi connectivity index (χ4n) is 4.39. The highest BCUT2D eigenvalue weighted by molar-refractivity contribution is 7.89. The van der Waals surface area contributed by atoms with Crippen LogP contribution in [0.25, 0.3) is 11.1 Å². The molecule has 0 bridgehead atoms. The van der Waals surface area contributed by atoms with E-state index >= 15 is 0 Å². The van der Waals surface area contributed by atoms with E-state index in [0.29, 0.717) is 18.8 Å². The first-order valence-corrected chi connectivity index (χ1v) is 13.3. The van der Waals surface area contributed by atoms with Gasteiger partial charge in [-0.05, 0) is 49.4 Å². The first kappa shape index (κ1) is 25.3. The lowest BCUT2D eigenvalue weighted by Crippen LogP contribution is -2.49. The van der Waals surface area contributed by atoms with Crippen LogP contribution in [-0.2, 0) is 16.6 Å². The van der Waals surface area contributed by atoms with Crippen LogP contribution in [0.1, 0.15) is 19.5 Å². The fraction of sp³-hybridized carbons (Fsp3) is 0.370. The van der Waals surface area contributed by atoms with Gasteiger partial charge in [0.05, 0.1) is 12.3 Å². The van der Waals surface area contributed by atoms with Gasteiger partial charge in [-0.15, -0.1) is 0 Å². The molecule has 0 saturated carbocycles. The first-order chi connectivity index (χ1) is 16.8. The Kier molecular flexibility index (Phi) is 7.86. The predicted octanol–water partition coefficient (Wildman–Crippen LogP) is 3.65. The molecule has 0 amide bonds. The number of hydrogen-bond acceptors (Lipinski definition) is 6. The molecule has 4 rings (SSSR count). The summed E-state index contributed by atoms with van der Waals surface area (Å²) in [4.78, 5) is 6.68. The average Bonchev–Trinajstić information content (AvgIpc) is 2.86. The van der Waals surface area contributed by atoms with Crippen LogP contribution in [0.5, 0.6) is 5.75 Å². The van der Waals surface area contributed by atoms with Crippen molar-refractivity contribution in [3.05, 3.63) is 78.6 Å². The fourth-order valence-corrected chi connectivity index (χ4v) is 6.22. The molecule has 35 heavy (non-hydrogen) atoms. The molecule has 1 aliphatic rings. The lowest BCUT2D eigenvalue weighted by Gasteiger charge is -2.37. The molecule has 2 heterocycles. The maximum absolute atomic E-state index is 13.7. The van der Waals surface area contributed by atoms with Crippen molar-refractivity contribution in [2.24, 2.45) is 5.92 Å². The zero-order valence-electron chi connectivity index (χ0n) is 20.4. The number of rotatable bonds is 7. The van der Waals surface area contributed by atoms with E-state index in [2.05, 4.69) is 9.88 Å². The lowest BCUT2D eigenvalue weighted by atomic mass is 10.0. The Morgan fingerprint density at radius 1 is 1.11 bits per heavy atom. The summed E-state index contributed by atoms with van der Waals surface area (Å²) in [5, 5.41) is 9.83. The third-order valence-corrected chi connectivity index (χ3v) is 8.44. The van der Waals surface area contributed by atoms with Crippen LogP contribution in [0.4, 0.5) is 0 Å². The minimum Gasteiger partial charge on any atom is -0.487 e. The molecule has 3 aromatic rings. The van der Waals surface area contributed by atoms with Gasteiger partial charge >= 0.3 is 0 Å². The molecule has 1 aromatic heterocycles. The Morgan fingerprint density at radius 2 is 1.86 bits per heavy atom. The smallest absolute Gasteiger partial charge is 0.247 e. The Hall–Kier alpha value is -2.78. The molecule has 3 atom stereocenters. The summed E-state index contributed by atoms with van der Waals surface area (Å²) in [6, 6.07) is 20.4. The number of pyridine rings is 1. The molecule has 0 radical (unpaired) electrons. The molecule has 8 heteroatoms. The van der Waals surface area contributed by atoms with Crippen molar-refractivity contribution < 1.29 is 18.3 Å². The quantitative estimate of drug-likeness (QED) is 0.539. The molecular weight excluding hydrogens is 462 g/mol. The number of nitrogens with zero attached hydrogens (tertiary/aromatic N) is 3. The number of aliphatic hydroxyl groups is 1. The van der Waals surface area contributed by atoms with Crippen molar-refractivity contribution >= 4 is 10.0 Å². The molecule has 1 N–H and O–H groups in total. The largest absolute Gasteiger partial charge is 0.487 e. The van der Waals surface area contributed by atoms with Crippen molar-refractivity contribution in [3.63, 3.8) is 0 Å². The summed E-state index contributed by atoms with van der Waals surface area (Å²) in [7, 11) is -1.85. The van der Waals surface area contributed by atoms with Gasteiger partial charge in [-0.2, -0.15) is 4.31 Å². The highest BCUT2D eigenvalue weighted by Gasteiger charge is 2.38. The van der Waals surface area contributed by atoms with Crippen LogP contribution < -0.4 is 4.74 Å². The Morgan fingerprint density at radius 3 is 2.54 bits per heavy atom. The maximum Gasteiger partial charge on any atom is 0.247 e. The van der Waals surface area contributed by atoms with E-state index in [9.17, 15) is 13.5 Å². The first-order valence-electron chi connectivity index (χ1n) is 11.9. The molecular formula is C27H33N3O4S. The predicted molar refractivity (Wildman–Crippen MR) is 136 cm³/mol. The van der Waals surface area contributed by atoms with E-state index in [-0.39, 0.29) is 30.1 Å². The minimum absolute atomic E-state index is 0.113. The third-order valence-electron chi connectivity index (χ3n) is 6.42. The molecule has 0 saturated heterocycles. The van der Waals surface area contributed by atoms with Gasteiger partial charge < -0.3 is 9.84 Å². The highest BCUT2D eigenvalue weighted by Crippen LogP contribution is 2.36. The zero-order chi connectivity index (χ0) is 25.0. The van der Waals surface area contributed by atoms with Crippen LogP contribution in [0.2, 0.25) is 0 Å². The second-order valence-corrected chi connectivity index (χ2v) is 11.1. The van der Waals surface area contributed by atoms with Gasteiger partial charge in [0.25, 0.3) is 0 Å². The summed E-state index contributed by atoms with van der Waals surface area (Å²) < 4.78 is 35.2. The summed E-state index contributed by atoms with van der Waals surface area (Å²) in [6.07, 6.45) is 1.51. The van der Waals surface area contributed by atoms with E-state index < -0.39 is 16.1 Å². The molecule has 186 valence electrons. The van der Waals surface area contributed by atoms with E-state index in [0.717, 1.165) is 16.8 Å². The van der Waals surface area contributed by atoms with Crippen molar-refractivity contribution in [3.8, 4) is 16.9 Å².